The highest BCUT2D eigenvalue weighted by Gasteiger charge is 2.32. The van der Waals surface area contributed by atoms with Crippen molar-refractivity contribution < 1.29 is 18.1 Å². The first-order valence-corrected chi connectivity index (χ1v) is 12.3. The van der Waals surface area contributed by atoms with Gasteiger partial charge in [-0.15, -0.1) is 0 Å². The molecule has 0 spiro atoms. The average Bonchev–Trinajstić information content (AvgIpc) is 2.76. The number of nitro groups is 1. The van der Waals surface area contributed by atoms with Crippen molar-refractivity contribution in [2.45, 2.75) is 39.8 Å². The van der Waals surface area contributed by atoms with Crippen LogP contribution in [0.2, 0.25) is 0 Å². The first-order chi connectivity index (χ1) is 15.1. The fourth-order valence-corrected chi connectivity index (χ4v) is 4.73. The summed E-state index contributed by atoms with van der Waals surface area (Å²) in [6.07, 6.45) is 1.18. The van der Waals surface area contributed by atoms with Gasteiger partial charge in [0.1, 0.15) is 6.04 Å². The molecule has 2 rings (SSSR count). The number of nitrogens with zero attached hydrogens (tertiary/aromatic N) is 3. The molecule has 0 saturated carbocycles. The topological polar surface area (TPSA) is 113 Å². The third kappa shape index (κ3) is 6.19. The molecule has 2 aromatic carbocycles. The summed E-state index contributed by atoms with van der Waals surface area (Å²) in [6.45, 7) is 7.88. The van der Waals surface area contributed by atoms with E-state index in [0.29, 0.717) is 0 Å². The minimum atomic E-state index is -3.88. The number of anilines is 2. The molecule has 10 heteroatoms. The molecule has 0 radical (unpaired) electrons. The summed E-state index contributed by atoms with van der Waals surface area (Å²) in [7, 11) is -3.88. The highest BCUT2D eigenvalue weighted by Crippen LogP contribution is 2.26. The number of non-ortho nitro benzene ring substituents is 1. The summed E-state index contributed by atoms with van der Waals surface area (Å²) in [5.74, 6) is -0.475. The number of rotatable bonds is 11. The zero-order valence-electron chi connectivity index (χ0n) is 18.8. The Labute approximate surface area is 189 Å². The Bertz CT molecular complexity index is 1040. The Morgan fingerprint density at radius 3 is 2.19 bits per heavy atom. The van der Waals surface area contributed by atoms with E-state index >= 15 is 0 Å². The number of benzene rings is 2. The van der Waals surface area contributed by atoms with E-state index in [-0.39, 0.29) is 24.3 Å². The van der Waals surface area contributed by atoms with Crippen LogP contribution in [-0.4, -0.2) is 44.6 Å². The van der Waals surface area contributed by atoms with E-state index in [4.69, 9.17) is 0 Å². The second-order valence-electron chi connectivity index (χ2n) is 7.32. The second kappa shape index (κ2) is 10.9. The number of hydrogen-bond donors (Lipinski definition) is 1. The van der Waals surface area contributed by atoms with Crippen molar-refractivity contribution in [1.82, 2.24) is 5.32 Å². The van der Waals surface area contributed by atoms with Crippen molar-refractivity contribution in [3.8, 4) is 0 Å². The van der Waals surface area contributed by atoms with Crippen LogP contribution in [0.15, 0.2) is 48.5 Å². The van der Waals surface area contributed by atoms with E-state index in [9.17, 15) is 23.3 Å². The molecule has 32 heavy (non-hydrogen) atoms. The quantitative estimate of drug-likeness (QED) is 0.405. The Morgan fingerprint density at radius 2 is 1.69 bits per heavy atom. The summed E-state index contributed by atoms with van der Waals surface area (Å²) in [6, 6.07) is 12.0. The van der Waals surface area contributed by atoms with Crippen LogP contribution in [0.4, 0.5) is 17.1 Å². The van der Waals surface area contributed by atoms with Gasteiger partial charge in [-0.25, -0.2) is 8.42 Å². The molecule has 1 amide bonds. The zero-order chi connectivity index (χ0) is 23.9. The minimum absolute atomic E-state index is 0.0762. The predicted molar refractivity (Wildman–Crippen MR) is 126 cm³/mol. The maximum atomic E-state index is 12.9. The van der Waals surface area contributed by atoms with Gasteiger partial charge in [-0.05, 0) is 44.0 Å². The van der Waals surface area contributed by atoms with Gasteiger partial charge in [0.2, 0.25) is 15.9 Å². The van der Waals surface area contributed by atoms with Crippen LogP contribution in [0.3, 0.4) is 0 Å². The maximum Gasteiger partial charge on any atom is 0.271 e. The Morgan fingerprint density at radius 1 is 1.06 bits per heavy atom. The zero-order valence-corrected chi connectivity index (χ0v) is 19.6. The normalized spacial score (nSPS) is 12.1. The van der Waals surface area contributed by atoms with Gasteiger partial charge in [0.15, 0.2) is 0 Å². The summed E-state index contributed by atoms with van der Waals surface area (Å²) >= 11 is 0. The van der Waals surface area contributed by atoms with Gasteiger partial charge in [0.05, 0.1) is 16.9 Å². The molecule has 174 valence electrons. The van der Waals surface area contributed by atoms with Crippen LogP contribution in [0.1, 0.15) is 32.8 Å². The minimum Gasteiger partial charge on any atom is -0.372 e. The van der Waals surface area contributed by atoms with Crippen molar-refractivity contribution in [2.75, 3.05) is 28.6 Å². The van der Waals surface area contributed by atoms with Crippen LogP contribution in [-0.2, 0) is 21.4 Å². The van der Waals surface area contributed by atoms with Crippen LogP contribution in [0.25, 0.3) is 0 Å². The fraction of sp³-hybridized carbons (Fsp3) is 0.409. The first-order valence-electron chi connectivity index (χ1n) is 10.5. The molecule has 0 heterocycles. The van der Waals surface area contributed by atoms with Crippen molar-refractivity contribution in [1.29, 1.82) is 0 Å². The van der Waals surface area contributed by atoms with E-state index in [1.807, 2.05) is 24.3 Å². The van der Waals surface area contributed by atoms with Crippen molar-refractivity contribution >= 4 is 33.0 Å². The van der Waals surface area contributed by atoms with Gasteiger partial charge in [-0.2, -0.15) is 0 Å². The molecule has 9 nitrogen and oxygen atoms in total. The average molecular weight is 463 g/mol. The predicted octanol–water partition coefficient (Wildman–Crippen LogP) is 3.30. The highest BCUT2D eigenvalue weighted by molar-refractivity contribution is 7.92. The summed E-state index contributed by atoms with van der Waals surface area (Å²) in [4.78, 5) is 25.7. The lowest BCUT2D eigenvalue weighted by Gasteiger charge is -2.30. The maximum absolute atomic E-state index is 12.9. The van der Waals surface area contributed by atoms with Gasteiger partial charge in [-0.1, -0.05) is 25.1 Å². The van der Waals surface area contributed by atoms with Crippen molar-refractivity contribution in [3.05, 3.63) is 64.2 Å². The molecule has 1 N–H and O–H groups in total. The van der Waals surface area contributed by atoms with E-state index < -0.39 is 26.9 Å². The van der Waals surface area contributed by atoms with Gasteiger partial charge in [0.25, 0.3) is 5.69 Å². The number of amides is 1. The summed E-state index contributed by atoms with van der Waals surface area (Å²) < 4.78 is 26.0. The Hall–Kier alpha value is -3.14. The number of nitro benzene ring substituents is 1. The summed E-state index contributed by atoms with van der Waals surface area (Å²) in [5, 5.41) is 13.9. The number of carbonyl (C=O) groups excluding carboxylic acids is 1. The Balaban J connectivity index is 2.22. The molecule has 0 aromatic heterocycles. The standard InChI is InChI=1S/C22H30N4O5S/c1-5-21(25(32(4,30)31)19-9-8-10-20(15-19)26(28)29)22(27)23-16-17-11-13-18(14-12-17)24(6-2)7-3/h8-15,21H,5-7,16H2,1-4H3,(H,23,27). The molecule has 2 aromatic rings. The number of hydrogen-bond acceptors (Lipinski definition) is 6. The molecular formula is C22H30N4O5S. The summed E-state index contributed by atoms with van der Waals surface area (Å²) in [5.41, 5.74) is 1.79. The van der Waals surface area contributed by atoms with Crippen molar-refractivity contribution in [2.24, 2.45) is 0 Å². The Kier molecular flexibility index (Phi) is 8.59. The molecule has 0 saturated heterocycles. The van der Waals surface area contributed by atoms with Crippen LogP contribution < -0.4 is 14.5 Å². The smallest absolute Gasteiger partial charge is 0.271 e. The SMILES string of the molecule is CCC(C(=O)NCc1ccc(N(CC)CC)cc1)N(c1cccc([N+](=O)[O-])c1)S(C)(=O)=O. The molecule has 0 aliphatic rings. The first kappa shape index (κ1) is 25.1. The largest absolute Gasteiger partial charge is 0.372 e. The molecule has 0 bridgehead atoms. The number of sulfonamides is 1. The lowest BCUT2D eigenvalue weighted by Crippen LogP contribution is -2.49. The van der Waals surface area contributed by atoms with Crippen LogP contribution in [0, 0.1) is 10.1 Å². The van der Waals surface area contributed by atoms with E-state index in [1.165, 1.54) is 18.2 Å². The van der Waals surface area contributed by atoms with E-state index in [1.54, 1.807) is 6.92 Å². The number of carbonyl (C=O) groups is 1. The van der Waals surface area contributed by atoms with Crippen LogP contribution in [0.5, 0.6) is 0 Å². The van der Waals surface area contributed by atoms with Crippen molar-refractivity contribution in [3.63, 3.8) is 0 Å². The molecule has 0 aliphatic carbocycles. The molecular weight excluding hydrogens is 432 g/mol. The molecule has 1 unspecified atom stereocenters. The van der Waals surface area contributed by atoms with E-state index in [2.05, 4.69) is 24.1 Å². The van der Waals surface area contributed by atoms with Crippen LogP contribution >= 0.6 is 0 Å². The highest BCUT2D eigenvalue weighted by atomic mass is 32.2. The molecule has 1 atom stereocenters. The fourth-order valence-electron chi connectivity index (χ4n) is 3.52. The van der Waals surface area contributed by atoms with Gasteiger partial charge >= 0.3 is 0 Å². The van der Waals surface area contributed by atoms with Gasteiger partial charge in [-0.3, -0.25) is 19.2 Å². The number of nitrogens with one attached hydrogen (secondary N) is 1. The molecule has 0 aliphatic heterocycles. The lowest BCUT2D eigenvalue weighted by atomic mass is 10.1. The van der Waals surface area contributed by atoms with Gasteiger partial charge < -0.3 is 10.2 Å². The lowest BCUT2D eigenvalue weighted by molar-refractivity contribution is -0.384. The monoisotopic (exact) mass is 462 g/mol. The second-order valence-corrected chi connectivity index (χ2v) is 9.18. The third-order valence-electron chi connectivity index (χ3n) is 5.16. The van der Waals surface area contributed by atoms with E-state index in [0.717, 1.165) is 41.0 Å². The molecule has 0 fully saturated rings. The third-order valence-corrected chi connectivity index (χ3v) is 6.34. The van der Waals surface area contributed by atoms with Gasteiger partial charge in [0, 0.05) is 37.5 Å².